The third kappa shape index (κ3) is 4.41. The topological polar surface area (TPSA) is 35.9 Å². The monoisotopic (exact) mass is 400 g/mol. The van der Waals surface area contributed by atoms with Crippen molar-refractivity contribution in [3.63, 3.8) is 0 Å². The number of nitrogens with zero attached hydrogens (tertiary/aromatic N) is 2. The molecule has 4 heteroatoms. The van der Waals surface area contributed by atoms with E-state index in [9.17, 15) is 5.11 Å². The molecular weight excluding hydrogens is 360 g/mol. The highest BCUT2D eigenvalue weighted by molar-refractivity contribution is 5.14. The Balaban J connectivity index is 1.14. The number of aliphatic hydroxyl groups is 1. The molecule has 3 fully saturated rings. The molecule has 1 saturated heterocycles. The summed E-state index contributed by atoms with van der Waals surface area (Å²) >= 11 is 0. The number of fused-ring (bicyclic) bond motifs is 2. The van der Waals surface area contributed by atoms with Crippen LogP contribution in [0.5, 0.6) is 0 Å². The number of hydrogen-bond donors (Lipinski definition) is 1. The van der Waals surface area contributed by atoms with Gasteiger partial charge in [0.15, 0.2) is 0 Å². The molecule has 0 unspecified atom stereocenters. The Bertz CT molecular complexity index is 656. The molecule has 162 valence electrons. The van der Waals surface area contributed by atoms with Gasteiger partial charge >= 0.3 is 0 Å². The van der Waals surface area contributed by atoms with Crippen LogP contribution in [0.25, 0.3) is 0 Å². The first-order chi connectivity index (χ1) is 13.9. The van der Waals surface area contributed by atoms with Gasteiger partial charge in [0.25, 0.3) is 0 Å². The van der Waals surface area contributed by atoms with E-state index in [4.69, 9.17) is 4.74 Å². The molecule has 4 nitrogen and oxygen atoms in total. The quantitative estimate of drug-likeness (QED) is 0.720. The summed E-state index contributed by atoms with van der Waals surface area (Å²) in [6.07, 6.45) is 4.72. The molecule has 29 heavy (non-hydrogen) atoms. The number of ether oxygens (including phenoxy) is 1. The number of hydrogen-bond acceptors (Lipinski definition) is 4. The molecule has 2 bridgehead atoms. The van der Waals surface area contributed by atoms with Crippen molar-refractivity contribution >= 4 is 0 Å². The van der Waals surface area contributed by atoms with Crippen LogP contribution in [-0.2, 0) is 11.3 Å². The van der Waals surface area contributed by atoms with Crippen LogP contribution in [0.2, 0.25) is 0 Å². The molecule has 4 atom stereocenters. The Morgan fingerprint density at radius 3 is 2.38 bits per heavy atom. The molecule has 0 amide bonds. The lowest BCUT2D eigenvalue weighted by molar-refractivity contribution is -0.0570. The number of rotatable bonds is 8. The maximum Gasteiger partial charge on any atom is 0.0689 e. The number of benzene rings is 1. The van der Waals surface area contributed by atoms with E-state index < -0.39 is 0 Å². The minimum Gasteiger partial charge on any atom is -0.392 e. The van der Waals surface area contributed by atoms with Gasteiger partial charge in [-0.1, -0.05) is 51.1 Å². The van der Waals surface area contributed by atoms with Crippen LogP contribution >= 0.6 is 0 Å². The molecule has 1 aromatic carbocycles. The van der Waals surface area contributed by atoms with Crippen molar-refractivity contribution in [1.82, 2.24) is 9.80 Å². The van der Waals surface area contributed by atoms with E-state index in [1.807, 2.05) is 0 Å². The summed E-state index contributed by atoms with van der Waals surface area (Å²) in [5.41, 5.74) is 2.10. The predicted octanol–water partition coefficient (Wildman–Crippen LogP) is 3.79. The van der Waals surface area contributed by atoms with E-state index in [1.165, 1.54) is 24.8 Å². The van der Waals surface area contributed by atoms with Crippen molar-refractivity contribution in [3.05, 3.63) is 35.9 Å². The van der Waals surface area contributed by atoms with Gasteiger partial charge in [-0.15, -0.1) is 0 Å². The number of β-amino-alcohol motifs (C(OH)–C–C–N with tert-alkyl or cyclic N) is 1. The van der Waals surface area contributed by atoms with Gasteiger partial charge in [-0.05, 0) is 48.0 Å². The third-order valence-electron chi connectivity index (χ3n) is 8.67. The maximum atomic E-state index is 10.5. The Hall–Kier alpha value is -0.940. The van der Waals surface area contributed by atoms with Crippen molar-refractivity contribution in [2.45, 2.75) is 65.2 Å². The van der Waals surface area contributed by atoms with Crippen molar-refractivity contribution < 1.29 is 9.84 Å². The summed E-state index contributed by atoms with van der Waals surface area (Å²) in [6.45, 7) is 14.0. The van der Waals surface area contributed by atoms with Gasteiger partial charge in [0.2, 0.25) is 0 Å². The van der Waals surface area contributed by atoms with E-state index in [2.05, 4.69) is 60.9 Å². The Kier molecular flexibility index (Phi) is 6.36. The lowest BCUT2D eigenvalue weighted by atomic mass is 9.70. The molecular formula is C25H40N2O2. The minimum atomic E-state index is -0.282. The summed E-state index contributed by atoms with van der Waals surface area (Å²) in [5.74, 6) is 0.814. The van der Waals surface area contributed by atoms with Gasteiger partial charge in [-0.3, -0.25) is 9.80 Å². The first-order valence-corrected chi connectivity index (χ1v) is 11.7. The lowest BCUT2D eigenvalue weighted by Gasteiger charge is -2.39. The molecule has 1 N–H and O–H groups in total. The smallest absolute Gasteiger partial charge is 0.0689 e. The van der Waals surface area contributed by atoms with E-state index >= 15 is 0 Å². The van der Waals surface area contributed by atoms with Crippen LogP contribution < -0.4 is 0 Å². The second-order valence-corrected chi connectivity index (χ2v) is 10.5. The molecule has 4 rings (SSSR count). The fraction of sp³-hybridized carbons (Fsp3) is 0.760. The van der Waals surface area contributed by atoms with Gasteiger partial charge in [0, 0.05) is 45.9 Å². The van der Waals surface area contributed by atoms with Crippen LogP contribution in [0.3, 0.4) is 0 Å². The summed E-state index contributed by atoms with van der Waals surface area (Å²) in [7, 11) is 0. The fourth-order valence-corrected chi connectivity index (χ4v) is 6.09. The molecule has 0 radical (unpaired) electrons. The molecule has 0 aromatic heterocycles. The molecule has 2 aliphatic carbocycles. The Morgan fingerprint density at radius 1 is 1.07 bits per heavy atom. The minimum absolute atomic E-state index is 0.282. The summed E-state index contributed by atoms with van der Waals surface area (Å²) in [6, 6.07) is 10.7. The van der Waals surface area contributed by atoms with E-state index in [0.29, 0.717) is 23.5 Å². The van der Waals surface area contributed by atoms with Crippen molar-refractivity contribution in [1.29, 1.82) is 0 Å². The zero-order chi connectivity index (χ0) is 20.5. The van der Waals surface area contributed by atoms with Crippen molar-refractivity contribution in [2.75, 3.05) is 39.3 Å². The van der Waals surface area contributed by atoms with Crippen LogP contribution in [0.4, 0.5) is 0 Å². The van der Waals surface area contributed by atoms with E-state index in [0.717, 1.165) is 51.6 Å². The van der Waals surface area contributed by atoms with Gasteiger partial charge in [0.05, 0.1) is 12.2 Å². The van der Waals surface area contributed by atoms with Crippen LogP contribution in [0.15, 0.2) is 30.3 Å². The molecule has 3 aliphatic rings. The van der Waals surface area contributed by atoms with Gasteiger partial charge in [-0.2, -0.15) is 0 Å². The van der Waals surface area contributed by atoms with Gasteiger partial charge in [-0.25, -0.2) is 0 Å². The Labute approximate surface area is 177 Å². The zero-order valence-corrected chi connectivity index (χ0v) is 18.6. The van der Waals surface area contributed by atoms with Gasteiger partial charge < -0.3 is 9.84 Å². The average Bonchev–Trinajstić information content (AvgIpc) is 3.04. The standard InChI is InChI=1S/C25H40N2O2/c1-24(2)21-9-11-25(24,3)23(17-21)29-16-10-22(28)19-27-14-12-26(13-15-27)18-20-7-5-4-6-8-20/h4-8,21-23,28H,9-19H2,1-3H3/t21-,22+,23-,25-/m1/s1. The van der Waals surface area contributed by atoms with Gasteiger partial charge in [0.1, 0.15) is 0 Å². The number of aliphatic hydroxyl groups excluding tert-OH is 1. The predicted molar refractivity (Wildman–Crippen MR) is 118 cm³/mol. The van der Waals surface area contributed by atoms with E-state index in [1.54, 1.807) is 0 Å². The fourth-order valence-electron chi connectivity index (χ4n) is 6.09. The highest BCUT2D eigenvalue weighted by Gasteiger charge is 2.61. The highest BCUT2D eigenvalue weighted by Crippen LogP contribution is 2.66. The lowest BCUT2D eigenvalue weighted by Crippen LogP contribution is -2.48. The number of piperazine rings is 1. The molecule has 1 aromatic rings. The maximum absolute atomic E-state index is 10.5. The summed E-state index contributed by atoms with van der Waals surface area (Å²) in [4.78, 5) is 4.92. The Morgan fingerprint density at radius 2 is 1.76 bits per heavy atom. The molecule has 2 saturated carbocycles. The normalized spacial score (nSPS) is 33.2. The SMILES string of the molecule is CC1(C)[C@@H]2CC[C@]1(C)[C@H](OCC[C@H](O)CN1CCN(Cc3ccccc3)CC1)C2. The first kappa shape index (κ1) is 21.3. The average molecular weight is 401 g/mol. The van der Waals surface area contributed by atoms with Crippen LogP contribution in [0, 0.1) is 16.7 Å². The van der Waals surface area contributed by atoms with Crippen LogP contribution in [0.1, 0.15) is 52.0 Å². The second kappa shape index (κ2) is 8.66. The zero-order valence-electron chi connectivity index (χ0n) is 18.6. The first-order valence-electron chi connectivity index (χ1n) is 11.7. The summed E-state index contributed by atoms with van der Waals surface area (Å²) < 4.78 is 6.33. The van der Waals surface area contributed by atoms with E-state index in [-0.39, 0.29) is 6.10 Å². The van der Waals surface area contributed by atoms with Crippen molar-refractivity contribution in [3.8, 4) is 0 Å². The molecule has 1 aliphatic heterocycles. The van der Waals surface area contributed by atoms with Crippen LogP contribution in [-0.4, -0.2) is 66.4 Å². The molecule has 0 spiro atoms. The molecule has 1 heterocycles. The van der Waals surface area contributed by atoms with Crippen molar-refractivity contribution in [2.24, 2.45) is 16.7 Å². The third-order valence-corrected chi connectivity index (χ3v) is 8.67. The second-order valence-electron chi connectivity index (χ2n) is 10.5. The largest absolute Gasteiger partial charge is 0.392 e. The highest BCUT2D eigenvalue weighted by atomic mass is 16.5. The summed E-state index contributed by atoms with van der Waals surface area (Å²) in [5, 5.41) is 10.5.